The Labute approximate surface area is 152 Å². The summed E-state index contributed by atoms with van der Waals surface area (Å²) in [7, 11) is 5.21. The smallest absolute Gasteiger partial charge is 0.275 e. The Morgan fingerprint density at radius 1 is 1.12 bits per heavy atom. The molecule has 0 spiro atoms. The predicted octanol–water partition coefficient (Wildman–Crippen LogP) is 2.81. The zero-order valence-electron chi connectivity index (χ0n) is 15.5. The van der Waals surface area contributed by atoms with Gasteiger partial charge in [-0.05, 0) is 43.3 Å². The second-order valence-electron chi connectivity index (χ2n) is 6.33. The summed E-state index contributed by atoms with van der Waals surface area (Å²) in [6, 6.07) is 11.4. The number of aryl methyl sites for hydroxylation is 1. The molecule has 0 fully saturated rings. The summed E-state index contributed by atoms with van der Waals surface area (Å²) in [6.07, 6.45) is 1.73. The van der Waals surface area contributed by atoms with E-state index in [9.17, 15) is 4.79 Å². The minimum absolute atomic E-state index is 0.0843. The number of nitrogens with zero attached hydrogens (tertiary/aromatic N) is 3. The molecule has 0 saturated carbocycles. The van der Waals surface area contributed by atoms with Crippen LogP contribution in [-0.2, 0) is 13.2 Å². The molecular weight excluding hydrogens is 330 g/mol. The molecule has 0 aliphatic carbocycles. The lowest BCUT2D eigenvalue weighted by Crippen LogP contribution is -2.31. The molecule has 6 nitrogen and oxygen atoms in total. The monoisotopic (exact) mass is 353 g/mol. The van der Waals surface area contributed by atoms with Crippen LogP contribution in [0.1, 0.15) is 11.1 Å². The first-order valence-corrected chi connectivity index (χ1v) is 8.38. The number of fused-ring (bicyclic) bond motifs is 1. The van der Waals surface area contributed by atoms with E-state index >= 15 is 0 Å². The van der Waals surface area contributed by atoms with Crippen LogP contribution < -0.4 is 15.0 Å². The number of ether oxygens (including phenoxy) is 2. The van der Waals surface area contributed by atoms with Crippen molar-refractivity contribution in [1.29, 1.82) is 0 Å². The summed E-state index contributed by atoms with van der Waals surface area (Å²) in [4.78, 5) is 14.6. The SMILES string of the molecule is COc1cc(C)c(CN(C)Cn2ncc3ccccc3c2=O)cc1OC. The lowest BCUT2D eigenvalue weighted by molar-refractivity contribution is 0.240. The van der Waals surface area contributed by atoms with E-state index in [-0.39, 0.29) is 5.56 Å². The molecule has 6 heteroatoms. The molecule has 3 aromatic rings. The van der Waals surface area contributed by atoms with Gasteiger partial charge in [-0.2, -0.15) is 5.10 Å². The molecule has 2 aromatic carbocycles. The molecule has 0 unspecified atom stereocenters. The fourth-order valence-electron chi connectivity index (χ4n) is 2.99. The van der Waals surface area contributed by atoms with Gasteiger partial charge in [-0.15, -0.1) is 0 Å². The van der Waals surface area contributed by atoms with Gasteiger partial charge < -0.3 is 9.47 Å². The van der Waals surface area contributed by atoms with Gasteiger partial charge >= 0.3 is 0 Å². The van der Waals surface area contributed by atoms with Crippen LogP contribution in [0, 0.1) is 6.92 Å². The van der Waals surface area contributed by atoms with Crippen molar-refractivity contribution >= 4 is 10.8 Å². The molecule has 0 atom stereocenters. The minimum Gasteiger partial charge on any atom is -0.493 e. The highest BCUT2D eigenvalue weighted by molar-refractivity contribution is 5.80. The standard InChI is InChI=1S/C20H23N3O3/c1-14-9-18(25-3)19(26-4)10-16(14)12-22(2)13-23-20(24)17-8-6-5-7-15(17)11-21-23/h5-11H,12-13H2,1-4H3. The molecule has 3 rings (SSSR count). The van der Waals surface area contributed by atoms with Crippen molar-refractivity contribution in [3.05, 3.63) is 64.1 Å². The zero-order chi connectivity index (χ0) is 18.7. The average Bonchev–Trinajstić information content (AvgIpc) is 2.65. The summed E-state index contributed by atoms with van der Waals surface area (Å²) in [5.74, 6) is 1.41. The van der Waals surface area contributed by atoms with Crippen LogP contribution in [0.15, 0.2) is 47.4 Å². The van der Waals surface area contributed by atoms with E-state index in [4.69, 9.17) is 9.47 Å². The van der Waals surface area contributed by atoms with Crippen molar-refractivity contribution in [3.8, 4) is 11.5 Å². The maximum atomic E-state index is 12.6. The van der Waals surface area contributed by atoms with Crippen molar-refractivity contribution in [1.82, 2.24) is 14.7 Å². The molecular formula is C20H23N3O3. The van der Waals surface area contributed by atoms with Crippen LogP contribution in [0.25, 0.3) is 10.8 Å². The first kappa shape index (κ1) is 17.9. The normalized spacial score (nSPS) is 11.1. The van der Waals surface area contributed by atoms with Gasteiger partial charge in [-0.3, -0.25) is 9.69 Å². The highest BCUT2D eigenvalue weighted by Gasteiger charge is 2.12. The van der Waals surface area contributed by atoms with Gasteiger partial charge in [-0.1, -0.05) is 18.2 Å². The quantitative estimate of drug-likeness (QED) is 0.682. The third-order valence-corrected chi connectivity index (χ3v) is 4.42. The molecule has 0 aliphatic heterocycles. The summed E-state index contributed by atoms with van der Waals surface area (Å²) in [5, 5.41) is 5.82. The molecule has 0 amide bonds. The second kappa shape index (κ2) is 7.58. The number of hydrogen-bond acceptors (Lipinski definition) is 5. The average molecular weight is 353 g/mol. The molecule has 0 radical (unpaired) electrons. The Hall–Kier alpha value is -2.86. The van der Waals surface area contributed by atoms with Gasteiger partial charge in [0.15, 0.2) is 11.5 Å². The molecule has 0 aliphatic rings. The Kier molecular flexibility index (Phi) is 5.23. The number of methoxy groups -OCH3 is 2. The maximum Gasteiger partial charge on any atom is 0.275 e. The van der Waals surface area contributed by atoms with E-state index in [1.807, 2.05) is 55.3 Å². The number of benzene rings is 2. The number of hydrogen-bond donors (Lipinski definition) is 0. The van der Waals surface area contributed by atoms with Crippen molar-refractivity contribution in [3.63, 3.8) is 0 Å². The Balaban J connectivity index is 1.82. The van der Waals surface area contributed by atoms with Crippen molar-refractivity contribution in [2.75, 3.05) is 21.3 Å². The van der Waals surface area contributed by atoms with Gasteiger partial charge in [-0.25, -0.2) is 4.68 Å². The van der Waals surface area contributed by atoms with Crippen molar-refractivity contribution < 1.29 is 9.47 Å². The van der Waals surface area contributed by atoms with Gasteiger partial charge in [0, 0.05) is 11.9 Å². The van der Waals surface area contributed by atoms with Crippen LogP contribution in [0.3, 0.4) is 0 Å². The Morgan fingerprint density at radius 2 is 1.81 bits per heavy atom. The van der Waals surface area contributed by atoms with E-state index in [0.29, 0.717) is 30.1 Å². The van der Waals surface area contributed by atoms with E-state index in [1.165, 1.54) is 4.68 Å². The van der Waals surface area contributed by atoms with Gasteiger partial charge in [0.2, 0.25) is 0 Å². The fraction of sp³-hybridized carbons (Fsp3) is 0.300. The van der Waals surface area contributed by atoms with Crippen LogP contribution in [0.5, 0.6) is 11.5 Å². The second-order valence-corrected chi connectivity index (χ2v) is 6.33. The summed E-state index contributed by atoms with van der Waals surface area (Å²) < 4.78 is 12.2. The zero-order valence-corrected chi connectivity index (χ0v) is 15.5. The van der Waals surface area contributed by atoms with E-state index in [2.05, 4.69) is 5.10 Å². The summed E-state index contributed by atoms with van der Waals surface area (Å²) in [6.45, 7) is 3.09. The van der Waals surface area contributed by atoms with Gasteiger partial charge in [0.1, 0.15) is 0 Å². The third-order valence-electron chi connectivity index (χ3n) is 4.42. The molecule has 136 valence electrons. The van der Waals surface area contributed by atoms with Gasteiger partial charge in [0.05, 0.1) is 32.5 Å². The third kappa shape index (κ3) is 3.55. The fourth-order valence-corrected chi connectivity index (χ4v) is 2.99. The largest absolute Gasteiger partial charge is 0.493 e. The topological polar surface area (TPSA) is 56.6 Å². The molecule has 0 bridgehead atoms. The lowest BCUT2D eigenvalue weighted by Gasteiger charge is -2.20. The Bertz CT molecular complexity index is 982. The first-order chi connectivity index (χ1) is 12.5. The Morgan fingerprint density at radius 3 is 2.54 bits per heavy atom. The molecule has 0 N–H and O–H groups in total. The maximum absolute atomic E-state index is 12.6. The van der Waals surface area contributed by atoms with Gasteiger partial charge in [0.25, 0.3) is 5.56 Å². The summed E-state index contributed by atoms with van der Waals surface area (Å²) in [5.41, 5.74) is 2.13. The molecule has 1 aromatic heterocycles. The van der Waals surface area contributed by atoms with Crippen molar-refractivity contribution in [2.24, 2.45) is 0 Å². The van der Waals surface area contributed by atoms with E-state index in [0.717, 1.165) is 16.5 Å². The first-order valence-electron chi connectivity index (χ1n) is 8.38. The van der Waals surface area contributed by atoms with Crippen LogP contribution in [0.2, 0.25) is 0 Å². The molecule has 26 heavy (non-hydrogen) atoms. The van der Waals surface area contributed by atoms with E-state index in [1.54, 1.807) is 20.4 Å². The highest BCUT2D eigenvalue weighted by atomic mass is 16.5. The number of rotatable bonds is 6. The predicted molar refractivity (Wildman–Crippen MR) is 102 cm³/mol. The van der Waals surface area contributed by atoms with Crippen molar-refractivity contribution in [2.45, 2.75) is 20.1 Å². The van der Waals surface area contributed by atoms with Crippen LogP contribution >= 0.6 is 0 Å². The lowest BCUT2D eigenvalue weighted by atomic mass is 10.1. The molecule has 1 heterocycles. The highest BCUT2D eigenvalue weighted by Crippen LogP contribution is 2.30. The van der Waals surface area contributed by atoms with E-state index < -0.39 is 0 Å². The number of aromatic nitrogens is 2. The minimum atomic E-state index is -0.0843. The van der Waals surface area contributed by atoms with Crippen LogP contribution in [0.4, 0.5) is 0 Å². The summed E-state index contributed by atoms with van der Waals surface area (Å²) >= 11 is 0. The molecule has 0 saturated heterocycles. The van der Waals surface area contributed by atoms with Crippen LogP contribution in [-0.4, -0.2) is 35.9 Å².